The smallest absolute Gasteiger partial charge is 0.413 e. The van der Waals surface area contributed by atoms with E-state index < -0.39 is 11.7 Å². The van der Waals surface area contributed by atoms with Crippen molar-refractivity contribution in [2.75, 3.05) is 5.32 Å². The summed E-state index contributed by atoms with van der Waals surface area (Å²) in [5.74, 6) is 1.74. The monoisotopic (exact) mass is 322 g/mol. The fraction of sp³-hybridized carbons (Fsp3) is 0.467. The number of rotatable bonds is 6. The van der Waals surface area contributed by atoms with Crippen LogP contribution < -0.4 is 10.6 Å². The van der Waals surface area contributed by atoms with Gasteiger partial charge in [-0.15, -0.1) is 0 Å². The highest BCUT2D eigenvalue weighted by atomic mass is 16.6. The van der Waals surface area contributed by atoms with E-state index in [0.717, 1.165) is 11.3 Å². The maximum absolute atomic E-state index is 11.8. The number of aromatic nitrogens is 2. The zero-order valence-electron chi connectivity index (χ0n) is 13.5. The van der Waals surface area contributed by atoms with Crippen molar-refractivity contribution in [3.05, 3.63) is 35.4 Å². The Kier molecular flexibility index (Phi) is 5.41. The van der Waals surface area contributed by atoms with Gasteiger partial charge in [0, 0.05) is 12.1 Å². The molecule has 0 fully saturated rings. The minimum atomic E-state index is -0.563. The van der Waals surface area contributed by atoms with Crippen molar-refractivity contribution < 1.29 is 19.1 Å². The number of aliphatic hydroxyl groups is 1. The van der Waals surface area contributed by atoms with Crippen LogP contribution in [-0.4, -0.2) is 27.0 Å². The highest BCUT2D eigenvalue weighted by Gasteiger charge is 2.17. The summed E-state index contributed by atoms with van der Waals surface area (Å²) in [6.45, 7) is 6.25. The number of nitrogens with one attached hydrogen (secondary N) is 3. The van der Waals surface area contributed by atoms with E-state index in [-0.39, 0.29) is 6.61 Å². The SMILES string of the molecule is CC(C)(C)OC(=O)Nc1[nH]ncc1CNCc1ccc(CO)o1. The van der Waals surface area contributed by atoms with E-state index in [4.69, 9.17) is 14.3 Å². The van der Waals surface area contributed by atoms with Crippen LogP contribution in [0, 0.1) is 0 Å². The number of anilines is 1. The molecular weight excluding hydrogens is 300 g/mol. The van der Waals surface area contributed by atoms with Gasteiger partial charge in [0.1, 0.15) is 29.5 Å². The molecule has 0 aliphatic carbocycles. The number of hydrogen-bond acceptors (Lipinski definition) is 6. The van der Waals surface area contributed by atoms with Crippen LogP contribution >= 0.6 is 0 Å². The number of carbonyl (C=O) groups excluding carboxylic acids is 1. The minimum Gasteiger partial charge on any atom is -0.462 e. The lowest BCUT2D eigenvalue weighted by atomic mass is 10.2. The van der Waals surface area contributed by atoms with Gasteiger partial charge in [0.25, 0.3) is 0 Å². The van der Waals surface area contributed by atoms with Crippen LogP contribution in [0.15, 0.2) is 22.7 Å². The van der Waals surface area contributed by atoms with Gasteiger partial charge in [-0.25, -0.2) is 4.79 Å². The van der Waals surface area contributed by atoms with Crippen molar-refractivity contribution in [2.45, 2.75) is 46.1 Å². The van der Waals surface area contributed by atoms with Gasteiger partial charge in [-0.1, -0.05) is 0 Å². The molecule has 0 aliphatic heterocycles. The van der Waals surface area contributed by atoms with Crippen molar-refractivity contribution in [1.29, 1.82) is 0 Å². The second-order valence-electron chi connectivity index (χ2n) is 6.03. The fourth-order valence-corrected chi connectivity index (χ4v) is 1.88. The van der Waals surface area contributed by atoms with Gasteiger partial charge in [0.15, 0.2) is 0 Å². The Labute approximate surface area is 134 Å². The third-order valence-electron chi connectivity index (χ3n) is 2.83. The first-order valence-electron chi connectivity index (χ1n) is 7.29. The number of H-pyrrole nitrogens is 1. The Balaban J connectivity index is 1.84. The van der Waals surface area contributed by atoms with Crippen LogP contribution in [0.5, 0.6) is 0 Å². The molecule has 0 aromatic carbocycles. The Morgan fingerprint density at radius 3 is 2.74 bits per heavy atom. The van der Waals surface area contributed by atoms with Gasteiger partial charge in [-0.3, -0.25) is 10.4 Å². The summed E-state index contributed by atoms with van der Waals surface area (Å²) in [5, 5.41) is 21.4. The third kappa shape index (κ3) is 5.42. The first-order valence-corrected chi connectivity index (χ1v) is 7.29. The average molecular weight is 322 g/mol. The van der Waals surface area contributed by atoms with E-state index in [1.807, 2.05) is 0 Å². The van der Waals surface area contributed by atoms with Crippen LogP contribution in [0.3, 0.4) is 0 Å². The number of furan rings is 1. The van der Waals surface area contributed by atoms with Gasteiger partial charge in [-0.05, 0) is 32.9 Å². The zero-order chi connectivity index (χ0) is 16.9. The number of hydrogen-bond donors (Lipinski definition) is 4. The molecule has 0 saturated carbocycles. The second-order valence-corrected chi connectivity index (χ2v) is 6.03. The van der Waals surface area contributed by atoms with Crippen LogP contribution in [0.1, 0.15) is 37.9 Å². The summed E-state index contributed by atoms with van der Waals surface area (Å²) in [4.78, 5) is 11.8. The molecule has 4 N–H and O–H groups in total. The number of aromatic amines is 1. The Morgan fingerprint density at radius 1 is 1.35 bits per heavy atom. The maximum atomic E-state index is 11.8. The van der Waals surface area contributed by atoms with E-state index in [0.29, 0.717) is 24.7 Å². The normalized spacial score (nSPS) is 11.5. The molecule has 126 valence electrons. The molecule has 0 radical (unpaired) electrons. The standard InChI is InChI=1S/C15H22N4O4/c1-15(2,3)23-14(21)18-13-10(7-17-19-13)6-16-8-11-4-5-12(9-20)22-11/h4-5,7,16,20H,6,8-9H2,1-3H3,(H2,17,18,19,21). The van der Waals surface area contributed by atoms with Gasteiger partial charge >= 0.3 is 6.09 Å². The lowest BCUT2D eigenvalue weighted by Crippen LogP contribution is -2.27. The molecule has 2 heterocycles. The molecule has 0 bridgehead atoms. The van der Waals surface area contributed by atoms with Gasteiger partial charge in [0.05, 0.1) is 12.7 Å². The topological polar surface area (TPSA) is 112 Å². The predicted octanol–water partition coefficient (Wildman–Crippen LogP) is 2.13. The first-order chi connectivity index (χ1) is 10.9. The summed E-state index contributed by atoms with van der Waals surface area (Å²) in [6, 6.07) is 3.53. The maximum Gasteiger partial charge on any atom is 0.413 e. The van der Waals surface area contributed by atoms with E-state index in [2.05, 4.69) is 20.8 Å². The van der Waals surface area contributed by atoms with Crippen molar-refractivity contribution in [3.63, 3.8) is 0 Å². The summed E-state index contributed by atoms with van der Waals surface area (Å²) < 4.78 is 10.6. The number of amides is 1. The molecule has 2 rings (SSSR count). The van der Waals surface area contributed by atoms with Crippen molar-refractivity contribution in [2.24, 2.45) is 0 Å². The van der Waals surface area contributed by atoms with Crippen LogP contribution in [0.2, 0.25) is 0 Å². The fourth-order valence-electron chi connectivity index (χ4n) is 1.88. The van der Waals surface area contributed by atoms with Crippen LogP contribution in [-0.2, 0) is 24.4 Å². The average Bonchev–Trinajstić information content (AvgIpc) is 3.06. The van der Waals surface area contributed by atoms with E-state index in [1.54, 1.807) is 39.1 Å². The Bertz CT molecular complexity index is 642. The quantitative estimate of drug-likeness (QED) is 0.648. The zero-order valence-corrected chi connectivity index (χ0v) is 13.5. The molecule has 0 aliphatic rings. The summed E-state index contributed by atoms with van der Waals surface area (Å²) in [7, 11) is 0. The summed E-state index contributed by atoms with van der Waals surface area (Å²) >= 11 is 0. The molecule has 23 heavy (non-hydrogen) atoms. The highest BCUT2D eigenvalue weighted by molar-refractivity contribution is 5.84. The molecule has 0 spiro atoms. The Hall–Kier alpha value is -2.32. The summed E-state index contributed by atoms with van der Waals surface area (Å²) in [6.07, 6.45) is 1.09. The molecular formula is C15H22N4O4. The largest absolute Gasteiger partial charge is 0.462 e. The van der Waals surface area contributed by atoms with Crippen molar-refractivity contribution in [3.8, 4) is 0 Å². The predicted molar refractivity (Wildman–Crippen MR) is 83.6 cm³/mol. The summed E-state index contributed by atoms with van der Waals surface area (Å²) in [5.41, 5.74) is 0.233. The van der Waals surface area contributed by atoms with Gasteiger partial charge in [0.2, 0.25) is 0 Å². The van der Waals surface area contributed by atoms with E-state index >= 15 is 0 Å². The first kappa shape index (κ1) is 17.0. The molecule has 0 unspecified atom stereocenters. The minimum absolute atomic E-state index is 0.119. The molecule has 8 nitrogen and oxygen atoms in total. The lowest BCUT2D eigenvalue weighted by Gasteiger charge is -2.19. The number of aliphatic hydroxyl groups excluding tert-OH is 1. The molecule has 0 saturated heterocycles. The molecule has 8 heteroatoms. The van der Waals surface area contributed by atoms with E-state index in [9.17, 15) is 4.79 Å². The number of nitrogens with zero attached hydrogens (tertiary/aromatic N) is 1. The Morgan fingerprint density at radius 2 is 2.09 bits per heavy atom. The number of ether oxygens (including phenoxy) is 1. The van der Waals surface area contributed by atoms with Gasteiger partial charge in [-0.2, -0.15) is 5.10 Å². The van der Waals surface area contributed by atoms with Crippen molar-refractivity contribution >= 4 is 11.9 Å². The third-order valence-corrected chi connectivity index (χ3v) is 2.83. The van der Waals surface area contributed by atoms with Crippen molar-refractivity contribution in [1.82, 2.24) is 15.5 Å². The highest BCUT2D eigenvalue weighted by Crippen LogP contribution is 2.14. The molecule has 2 aromatic rings. The second kappa shape index (κ2) is 7.30. The number of carbonyl (C=O) groups is 1. The van der Waals surface area contributed by atoms with Gasteiger partial charge < -0.3 is 19.6 Å². The molecule has 1 amide bonds. The molecule has 2 aromatic heterocycles. The lowest BCUT2D eigenvalue weighted by molar-refractivity contribution is 0.0635. The van der Waals surface area contributed by atoms with Crippen LogP contribution in [0.25, 0.3) is 0 Å². The van der Waals surface area contributed by atoms with Crippen LogP contribution in [0.4, 0.5) is 10.6 Å². The molecule has 0 atom stereocenters. The van der Waals surface area contributed by atoms with E-state index in [1.165, 1.54) is 0 Å².